The fourth-order valence-corrected chi connectivity index (χ4v) is 3.92. The molecular formula is C23H22N2O5S. The second-order valence-corrected chi connectivity index (χ2v) is 7.87. The largest absolute Gasteiger partial charge is 0.486 e. The average molecular weight is 439 g/mol. The van der Waals surface area contributed by atoms with Gasteiger partial charge in [0.1, 0.15) is 18.5 Å². The van der Waals surface area contributed by atoms with Crippen molar-refractivity contribution in [1.82, 2.24) is 10.6 Å². The lowest BCUT2D eigenvalue weighted by Crippen LogP contribution is -2.40. The Kier molecular flexibility index (Phi) is 6.78. The van der Waals surface area contributed by atoms with Gasteiger partial charge in [0, 0.05) is 4.90 Å². The monoisotopic (exact) mass is 438 g/mol. The Balaban J connectivity index is 1.28. The molecule has 8 heteroatoms. The minimum atomic E-state index is -0.272. The lowest BCUT2D eigenvalue weighted by Gasteiger charge is -2.26. The Hall–Kier alpha value is -3.39. The summed E-state index contributed by atoms with van der Waals surface area (Å²) >= 11 is 1.31. The smallest absolute Gasteiger partial charge is 0.252 e. The van der Waals surface area contributed by atoms with Crippen molar-refractivity contribution in [2.45, 2.75) is 17.5 Å². The topological polar surface area (TPSA) is 89.8 Å². The molecule has 0 bridgehead atoms. The number of benzene rings is 2. The molecule has 7 nitrogen and oxygen atoms in total. The molecule has 31 heavy (non-hydrogen) atoms. The number of para-hydroxylation sites is 2. The first-order chi connectivity index (χ1) is 15.2. The van der Waals surface area contributed by atoms with Gasteiger partial charge in [-0.25, -0.2) is 0 Å². The maximum absolute atomic E-state index is 12.7. The van der Waals surface area contributed by atoms with E-state index >= 15 is 0 Å². The van der Waals surface area contributed by atoms with Gasteiger partial charge in [-0.2, -0.15) is 0 Å². The Morgan fingerprint density at radius 3 is 2.61 bits per heavy atom. The molecule has 2 aromatic carbocycles. The molecule has 2 amide bonds. The van der Waals surface area contributed by atoms with E-state index in [0.29, 0.717) is 42.5 Å². The molecule has 0 radical (unpaired) electrons. The molecule has 0 aliphatic carbocycles. The van der Waals surface area contributed by atoms with Crippen molar-refractivity contribution in [2.75, 3.05) is 18.9 Å². The Morgan fingerprint density at radius 2 is 1.77 bits per heavy atom. The van der Waals surface area contributed by atoms with E-state index in [-0.39, 0.29) is 23.7 Å². The maximum atomic E-state index is 12.7. The van der Waals surface area contributed by atoms with E-state index in [1.807, 2.05) is 36.4 Å². The molecule has 0 saturated carbocycles. The normalized spacial score (nSPS) is 14.6. The minimum absolute atomic E-state index is 0.136. The standard InChI is InChI=1S/C23H22N2O5S/c26-22(24-12-16-6-5-11-28-16)15-31-21-10-4-1-7-18(21)23(27)25-13-17-14-29-19-8-2-3-9-20(19)30-17/h1-11,17H,12-15H2,(H,24,26)(H,25,27)/t17-/m1/s1. The molecule has 2 heterocycles. The van der Waals surface area contributed by atoms with E-state index in [2.05, 4.69) is 10.6 Å². The predicted octanol–water partition coefficient (Wildman–Crippen LogP) is 3.26. The molecule has 0 saturated heterocycles. The van der Waals surface area contributed by atoms with Gasteiger partial charge in [0.25, 0.3) is 5.91 Å². The summed E-state index contributed by atoms with van der Waals surface area (Å²) in [7, 11) is 0. The van der Waals surface area contributed by atoms with Crippen molar-refractivity contribution in [3.05, 3.63) is 78.3 Å². The van der Waals surface area contributed by atoms with Gasteiger partial charge in [0.2, 0.25) is 5.91 Å². The molecule has 3 aromatic rings. The van der Waals surface area contributed by atoms with Gasteiger partial charge in [-0.3, -0.25) is 9.59 Å². The van der Waals surface area contributed by atoms with Crippen LogP contribution in [0.5, 0.6) is 11.5 Å². The van der Waals surface area contributed by atoms with E-state index in [0.717, 1.165) is 4.90 Å². The Morgan fingerprint density at radius 1 is 0.968 bits per heavy atom. The Labute approximate surface area is 184 Å². The summed E-state index contributed by atoms with van der Waals surface area (Å²) in [4.78, 5) is 25.6. The first-order valence-corrected chi connectivity index (χ1v) is 10.8. The summed E-state index contributed by atoms with van der Waals surface area (Å²) in [6, 6.07) is 18.2. The van der Waals surface area contributed by atoms with Gasteiger partial charge in [0.15, 0.2) is 11.5 Å². The summed E-state index contributed by atoms with van der Waals surface area (Å²) in [5.41, 5.74) is 0.517. The summed E-state index contributed by atoms with van der Waals surface area (Å²) in [6.07, 6.45) is 1.29. The fourth-order valence-electron chi connectivity index (χ4n) is 3.04. The first kappa shape index (κ1) is 20.9. The van der Waals surface area contributed by atoms with Crippen molar-refractivity contribution in [2.24, 2.45) is 0 Å². The summed E-state index contributed by atoms with van der Waals surface area (Å²) in [5.74, 6) is 1.90. The number of carbonyl (C=O) groups is 2. The fraction of sp³-hybridized carbons (Fsp3) is 0.217. The second kappa shape index (κ2) is 10.1. The van der Waals surface area contributed by atoms with E-state index in [4.69, 9.17) is 13.9 Å². The van der Waals surface area contributed by atoms with Crippen molar-refractivity contribution in [3.8, 4) is 11.5 Å². The van der Waals surface area contributed by atoms with Crippen LogP contribution < -0.4 is 20.1 Å². The molecular weight excluding hydrogens is 416 g/mol. The molecule has 2 N–H and O–H groups in total. The highest BCUT2D eigenvalue weighted by molar-refractivity contribution is 8.00. The van der Waals surface area contributed by atoms with Gasteiger partial charge in [-0.05, 0) is 36.4 Å². The predicted molar refractivity (Wildman–Crippen MR) is 116 cm³/mol. The zero-order valence-electron chi connectivity index (χ0n) is 16.7. The third-order valence-electron chi connectivity index (χ3n) is 4.59. The third kappa shape index (κ3) is 5.61. The zero-order valence-corrected chi connectivity index (χ0v) is 17.5. The second-order valence-electron chi connectivity index (χ2n) is 6.85. The van der Waals surface area contributed by atoms with Crippen molar-refractivity contribution >= 4 is 23.6 Å². The highest BCUT2D eigenvalue weighted by Gasteiger charge is 2.22. The maximum Gasteiger partial charge on any atom is 0.252 e. The number of hydrogen-bond acceptors (Lipinski definition) is 6. The highest BCUT2D eigenvalue weighted by atomic mass is 32.2. The lowest BCUT2D eigenvalue weighted by molar-refractivity contribution is -0.118. The number of thioether (sulfide) groups is 1. The summed E-state index contributed by atoms with van der Waals surface area (Å²) < 4.78 is 16.8. The SMILES string of the molecule is O=C(CSc1ccccc1C(=O)NC[C@@H]1COc2ccccc2O1)NCc1ccco1. The number of rotatable bonds is 8. The van der Waals surface area contributed by atoms with Crippen LogP contribution in [-0.2, 0) is 11.3 Å². The van der Waals surface area contributed by atoms with Gasteiger partial charge in [-0.1, -0.05) is 24.3 Å². The molecule has 0 unspecified atom stereocenters. The quantitative estimate of drug-likeness (QED) is 0.525. The molecule has 4 rings (SSSR count). The molecule has 0 spiro atoms. The molecule has 0 fully saturated rings. The number of ether oxygens (including phenoxy) is 2. The van der Waals surface area contributed by atoms with Crippen LogP contribution in [0.4, 0.5) is 0 Å². The zero-order chi connectivity index (χ0) is 21.5. The van der Waals surface area contributed by atoms with Crippen LogP contribution in [-0.4, -0.2) is 36.8 Å². The van der Waals surface area contributed by atoms with Crippen LogP contribution in [0.1, 0.15) is 16.1 Å². The number of carbonyl (C=O) groups excluding carboxylic acids is 2. The van der Waals surface area contributed by atoms with E-state index in [1.165, 1.54) is 11.8 Å². The molecule has 1 atom stereocenters. The van der Waals surface area contributed by atoms with Crippen LogP contribution in [0, 0.1) is 0 Å². The van der Waals surface area contributed by atoms with Crippen LogP contribution in [0.3, 0.4) is 0 Å². The molecule has 160 valence electrons. The van der Waals surface area contributed by atoms with Gasteiger partial charge in [-0.15, -0.1) is 11.8 Å². The molecule has 1 aromatic heterocycles. The average Bonchev–Trinajstić information content (AvgIpc) is 3.33. The first-order valence-electron chi connectivity index (χ1n) is 9.86. The van der Waals surface area contributed by atoms with Crippen LogP contribution in [0.25, 0.3) is 0 Å². The van der Waals surface area contributed by atoms with Crippen molar-refractivity contribution in [3.63, 3.8) is 0 Å². The lowest BCUT2D eigenvalue weighted by atomic mass is 10.2. The third-order valence-corrected chi connectivity index (χ3v) is 5.66. The number of furan rings is 1. The van der Waals surface area contributed by atoms with E-state index in [9.17, 15) is 9.59 Å². The summed E-state index contributed by atoms with van der Waals surface area (Å²) in [5, 5.41) is 5.70. The summed E-state index contributed by atoms with van der Waals surface area (Å²) in [6.45, 7) is 1.01. The number of nitrogens with one attached hydrogen (secondary N) is 2. The van der Waals surface area contributed by atoms with Crippen LogP contribution in [0.15, 0.2) is 76.2 Å². The van der Waals surface area contributed by atoms with Gasteiger partial charge < -0.3 is 24.5 Å². The van der Waals surface area contributed by atoms with Crippen LogP contribution >= 0.6 is 11.8 Å². The Bertz CT molecular complexity index is 1040. The van der Waals surface area contributed by atoms with Crippen LogP contribution in [0.2, 0.25) is 0 Å². The van der Waals surface area contributed by atoms with Crippen molar-refractivity contribution < 1.29 is 23.5 Å². The van der Waals surface area contributed by atoms with Gasteiger partial charge in [0.05, 0.1) is 30.7 Å². The highest BCUT2D eigenvalue weighted by Crippen LogP contribution is 2.30. The van der Waals surface area contributed by atoms with E-state index in [1.54, 1.807) is 30.5 Å². The molecule has 1 aliphatic rings. The minimum Gasteiger partial charge on any atom is -0.486 e. The molecule has 1 aliphatic heterocycles. The van der Waals surface area contributed by atoms with E-state index < -0.39 is 0 Å². The van der Waals surface area contributed by atoms with Gasteiger partial charge >= 0.3 is 0 Å². The number of hydrogen-bond donors (Lipinski definition) is 2. The number of amides is 2. The number of fused-ring (bicyclic) bond motifs is 1. The van der Waals surface area contributed by atoms with Crippen molar-refractivity contribution in [1.29, 1.82) is 0 Å².